The fourth-order valence-electron chi connectivity index (χ4n) is 1.95. The number of nitrogens with one attached hydrogen (secondary N) is 1. The molecule has 0 aromatic heterocycles. The summed E-state index contributed by atoms with van der Waals surface area (Å²) in [5.74, 6) is -1.23. The largest absolute Gasteiger partial charge is 0.481 e. The molecule has 1 aliphatic heterocycles. The van der Waals surface area contributed by atoms with E-state index in [9.17, 15) is 9.59 Å². The summed E-state index contributed by atoms with van der Waals surface area (Å²) in [7, 11) is 3.87. The molecular formula is C11H21N3O3. The third kappa shape index (κ3) is 3.89. The number of hydrogen-bond donors (Lipinski definition) is 2. The maximum absolute atomic E-state index is 11.7. The fraction of sp³-hybridized carbons (Fsp3) is 0.818. The lowest BCUT2D eigenvalue weighted by Crippen LogP contribution is -2.41. The van der Waals surface area contributed by atoms with Crippen molar-refractivity contribution in [3.63, 3.8) is 0 Å². The average Bonchev–Trinajstić information content (AvgIpc) is 2.59. The van der Waals surface area contributed by atoms with Crippen molar-refractivity contribution in [2.45, 2.75) is 6.92 Å². The van der Waals surface area contributed by atoms with Gasteiger partial charge in [-0.05, 0) is 20.0 Å². The average molecular weight is 243 g/mol. The highest BCUT2D eigenvalue weighted by Crippen LogP contribution is 2.22. The minimum Gasteiger partial charge on any atom is -0.481 e. The summed E-state index contributed by atoms with van der Waals surface area (Å²) in [6.45, 7) is 4.05. The van der Waals surface area contributed by atoms with Crippen LogP contribution in [0.15, 0.2) is 0 Å². The molecule has 6 nitrogen and oxygen atoms in total. The van der Waals surface area contributed by atoms with Gasteiger partial charge in [0.25, 0.3) is 0 Å². The zero-order valence-electron chi connectivity index (χ0n) is 10.6. The lowest BCUT2D eigenvalue weighted by Gasteiger charge is -2.18. The Kier molecular flexibility index (Phi) is 4.74. The molecule has 2 amide bonds. The van der Waals surface area contributed by atoms with Gasteiger partial charge in [0.15, 0.2) is 0 Å². The Morgan fingerprint density at radius 3 is 2.53 bits per heavy atom. The molecule has 1 aliphatic rings. The van der Waals surface area contributed by atoms with Crippen LogP contribution in [0.1, 0.15) is 6.92 Å². The number of carbonyl (C=O) groups is 2. The van der Waals surface area contributed by atoms with Crippen molar-refractivity contribution in [2.24, 2.45) is 11.8 Å². The first-order valence-corrected chi connectivity index (χ1v) is 5.82. The molecule has 0 spiro atoms. The van der Waals surface area contributed by atoms with Crippen molar-refractivity contribution in [1.82, 2.24) is 15.1 Å². The number of carboxylic acid groups (broad SMARTS) is 1. The van der Waals surface area contributed by atoms with Gasteiger partial charge in [0.05, 0.1) is 5.92 Å². The Morgan fingerprint density at radius 1 is 1.41 bits per heavy atom. The van der Waals surface area contributed by atoms with E-state index in [0.717, 1.165) is 6.54 Å². The second kappa shape index (κ2) is 5.86. The monoisotopic (exact) mass is 243 g/mol. The van der Waals surface area contributed by atoms with Crippen LogP contribution in [-0.2, 0) is 4.79 Å². The summed E-state index contributed by atoms with van der Waals surface area (Å²) in [6.07, 6.45) is 0. The highest BCUT2D eigenvalue weighted by Gasteiger charge is 2.36. The number of carboxylic acids is 1. The molecule has 1 heterocycles. The second-order valence-corrected chi connectivity index (χ2v) is 4.86. The topological polar surface area (TPSA) is 72.9 Å². The molecule has 2 N–H and O–H groups in total. The van der Waals surface area contributed by atoms with Crippen molar-refractivity contribution in [2.75, 3.05) is 40.3 Å². The van der Waals surface area contributed by atoms with E-state index in [1.165, 1.54) is 0 Å². The molecule has 0 aliphatic carbocycles. The predicted octanol–water partition coefficient (Wildman–Crippen LogP) is -0.0899. The number of amides is 2. The summed E-state index contributed by atoms with van der Waals surface area (Å²) in [5.41, 5.74) is 0. The number of likely N-dealkylation sites (tertiary alicyclic amines) is 1. The first-order valence-electron chi connectivity index (χ1n) is 5.82. The van der Waals surface area contributed by atoms with Crippen LogP contribution in [-0.4, -0.2) is 67.2 Å². The molecule has 0 saturated carbocycles. The zero-order valence-corrected chi connectivity index (χ0v) is 10.6. The van der Waals surface area contributed by atoms with E-state index in [1.54, 1.807) is 4.90 Å². The van der Waals surface area contributed by atoms with Crippen LogP contribution in [0.2, 0.25) is 0 Å². The summed E-state index contributed by atoms with van der Waals surface area (Å²) in [6, 6.07) is -0.164. The zero-order chi connectivity index (χ0) is 13.0. The third-order valence-corrected chi connectivity index (χ3v) is 3.05. The van der Waals surface area contributed by atoms with Gasteiger partial charge in [-0.15, -0.1) is 0 Å². The van der Waals surface area contributed by atoms with Crippen LogP contribution in [0.4, 0.5) is 4.79 Å². The van der Waals surface area contributed by atoms with Gasteiger partial charge in [0.2, 0.25) is 0 Å². The molecule has 0 bridgehead atoms. The number of rotatable bonds is 4. The van der Waals surface area contributed by atoms with E-state index in [2.05, 4.69) is 5.32 Å². The van der Waals surface area contributed by atoms with E-state index in [1.807, 2.05) is 25.9 Å². The minimum absolute atomic E-state index is 0.0205. The Hall–Kier alpha value is -1.30. The predicted molar refractivity (Wildman–Crippen MR) is 63.8 cm³/mol. The Labute approximate surface area is 102 Å². The van der Waals surface area contributed by atoms with Crippen molar-refractivity contribution in [3.8, 4) is 0 Å². The van der Waals surface area contributed by atoms with E-state index in [0.29, 0.717) is 19.6 Å². The third-order valence-electron chi connectivity index (χ3n) is 3.05. The SMILES string of the molecule is C[C@@H]1CN(C(=O)NCCN(C)C)C[C@H]1C(=O)O. The Morgan fingerprint density at radius 2 is 2.06 bits per heavy atom. The van der Waals surface area contributed by atoms with Gasteiger partial charge in [0.1, 0.15) is 0 Å². The lowest BCUT2D eigenvalue weighted by atomic mass is 9.99. The van der Waals surface area contributed by atoms with Crippen LogP contribution in [0.5, 0.6) is 0 Å². The number of nitrogens with zero attached hydrogens (tertiary/aromatic N) is 2. The van der Waals surface area contributed by atoms with Crippen LogP contribution < -0.4 is 5.32 Å². The quantitative estimate of drug-likeness (QED) is 0.724. The molecule has 0 aromatic rings. The molecular weight excluding hydrogens is 222 g/mol. The fourth-order valence-corrected chi connectivity index (χ4v) is 1.95. The number of urea groups is 1. The smallest absolute Gasteiger partial charge is 0.317 e. The Bertz CT molecular complexity index is 294. The molecule has 2 atom stereocenters. The van der Waals surface area contributed by atoms with E-state index in [-0.39, 0.29) is 11.9 Å². The van der Waals surface area contributed by atoms with E-state index in [4.69, 9.17) is 5.11 Å². The maximum atomic E-state index is 11.7. The van der Waals surface area contributed by atoms with Gasteiger partial charge in [-0.2, -0.15) is 0 Å². The van der Waals surface area contributed by atoms with Crippen molar-refractivity contribution in [1.29, 1.82) is 0 Å². The second-order valence-electron chi connectivity index (χ2n) is 4.86. The summed E-state index contributed by atoms with van der Waals surface area (Å²) < 4.78 is 0. The van der Waals surface area contributed by atoms with Crippen LogP contribution in [0.25, 0.3) is 0 Å². The molecule has 0 aromatic carbocycles. The molecule has 1 saturated heterocycles. The van der Waals surface area contributed by atoms with Gasteiger partial charge >= 0.3 is 12.0 Å². The summed E-state index contributed by atoms with van der Waals surface area (Å²) in [5, 5.41) is 11.8. The molecule has 0 radical (unpaired) electrons. The van der Waals surface area contributed by atoms with Crippen LogP contribution in [0, 0.1) is 11.8 Å². The normalized spacial score (nSPS) is 24.1. The van der Waals surface area contributed by atoms with Gasteiger partial charge in [-0.3, -0.25) is 4.79 Å². The van der Waals surface area contributed by atoms with Crippen molar-refractivity contribution >= 4 is 12.0 Å². The van der Waals surface area contributed by atoms with Crippen molar-refractivity contribution < 1.29 is 14.7 Å². The number of aliphatic carboxylic acids is 1. The highest BCUT2D eigenvalue weighted by molar-refractivity contribution is 5.77. The summed E-state index contributed by atoms with van der Waals surface area (Å²) >= 11 is 0. The molecule has 98 valence electrons. The summed E-state index contributed by atoms with van der Waals surface area (Å²) in [4.78, 5) is 26.2. The van der Waals surface area contributed by atoms with Crippen LogP contribution >= 0.6 is 0 Å². The molecule has 6 heteroatoms. The molecule has 1 rings (SSSR count). The maximum Gasteiger partial charge on any atom is 0.317 e. The number of carbonyl (C=O) groups excluding carboxylic acids is 1. The van der Waals surface area contributed by atoms with Crippen LogP contribution in [0.3, 0.4) is 0 Å². The Balaban J connectivity index is 2.37. The van der Waals surface area contributed by atoms with Gasteiger partial charge in [0, 0.05) is 26.2 Å². The number of likely N-dealkylation sites (N-methyl/N-ethyl adjacent to an activating group) is 1. The number of hydrogen-bond acceptors (Lipinski definition) is 3. The van der Waals surface area contributed by atoms with E-state index < -0.39 is 11.9 Å². The molecule has 0 unspecified atom stereocenters. The lowest BCUT2D eigenvalue weighted by molar-refractivity contribution is -0.142. The molecule has 1 fully saturated rings. The standard InChI is InChI=1S/C11H21N3O3/c1-8-6-14(7-9(8)10(15)16)11(17)12-4-5-13(2)3/h8-9H,4-7H2,1-3H3,(H,12,17)(H,15,16)/t8-,9-/m1/s1. The van der Waals surface area contributed by atoms with Gasteiger partial charge < -0.3 is 20.2 Å². The first kappa shape index (κ1) is 13.8. The minimum atomic E-state index is -0.818. The highest BCUT2D eigenvalue weighted by atomic mass is 16.4. The van der Waals surface area contributed by atoms with Gasteiger partial charge in [-0.25, -0.2) is 4.79 Å². The van der Waals surface area contributed by atoms with E-state index >= 15 is 0 Å². The van der Waals surface area contributed by atoms with Crippen molar-refractivity contribution in [3.05, 3.63) is 0 Å². The molecule has 17 heavy (non-hydrogen) atoms. The first-order chi connectivity index (χ1) is 7.91. The van der Waals surface area contributed by atoms with Gasteiger partial charge in [-0.1, -0.05) is 6.92 Å².